The second-order valence-corrected chi connectivity index (χ2v) is 0.247. The Bertz CT molecular complexity index is 13.5. The van der Waals surface area contributed by atoms with Gasteiger partial charge in [0.25, 0.3) is 0 Å². The Morgan fingerprint density at radius 3 is 1.00 bits per heavy atom. The van der Waals surface area contributed by atoms with Crippen LogP contribution in [0.15, 0.2) is 0 Å². The molecule has 0 saturated carbocycles. The van der Waals surface area contributed by atoms with Gasteiger partial charge in [-0.05, 0) is 0 Å². The van der Waals surface area contributed by atoms with Gasteiger partial charge in [-0.3, -0.25) is 0 Å². The SMILES string of the molecule is C.FC(F)F.[Hg]. The standard InChI is InChI=1S/CHF3.CH4.Hg/c2-1(3)4;;/h1H;1H4;. The minimum absolute atomic E-state index is 0. The summed E-state index contributed by atoms with van der Waals surface area (Å²) in [5.74, 6) is 0. The van der Waals surface area contributed by atoms with E-state index in [0.717, 1.165) is 0 Å². The van der Waals surface area contributed by atoms with Crippen molar-refractivity contribution in [1.82, 2.24) is 0 Å². The Morgan fingerprint density at radius 1 is 1.00 bits per heavy atom. The minimum atomic E-state index is -3.67. The van der Waals surface area contributed by atoms with Crippen LogP contribution in [0.5, 0.6) is 0 Å². The molecule has 0 aromatic carbocycles. The molecule has 0 bridgehead atoms. The zero-order valence-corrected chi connectivity index (χ0v) is 7.92. The summed E-state index contributed by atoms with van der Waals surface area (Å²) in [6.07, 6.45) is 0. The van der Waals surface area contributed by atoms with Crippen molar-refractivity contribution in [1.29, 1.82) is 0 Å². The van der Waals surface area contributed by atoms with Crippen molar-refractivity contribution in [2.45, 2.75) is 14.1 Å². The van der Waals surface area contributed by atoms with Gasteiger partial charge in [0.1, 0.15) is 0 Å². The minimum Gasteiger partial charge on any atom is -0.174 e. The average Bonchev–Trinajstić information content (AvgIpc) is 0.811. The molecule has 0 radical (unpaired) electrons. The molecule has 0 atom stereocenters. The average molecular weight is 287 g/mol. The summed E-state index contributed by atoms with van der Waals surface area (Å²) in [5.41, 5.74) is 0. The number of hydrogen-bond donors (Lipinski definition) is 0. The Kier molecular flexibility index (Phi) is 24.4. The molecular formula is C2H5F3Hg. The van der Waals surface area contributed by atoms with E-state index in [-0.39, 0.29) is 35.1 Å². The van der Waals surface area contributed by atoms with E-state index in [1.165, 1.54) is 0 Å². The van der Waals surface area contributed by atoms with Crippen LogP contribution in [0.4, 0.5) is 13.2 Å². The van der Waals surface area contributed by atoms with Crippen molar-refractivity contribution >= 4 is 0 Å². The van der Waals surface area contributed by atoms with Crippen LogP contribution in [0.25, 0.3) is 0 Å². The van der Waals surface area contributed by atoms with E-state index in [0.29, 0.717) is 0 Å². The molecule has 0 N–H and O–H groups in total. The third-order valence-corrected chi connectivity index (χ3v) is 0. The molecule has 0 spiro atoms. The summed E-state index contributed by atoms with van der Waals surface area (Å²) >= 11 is 0. The second-order valence-electron chi connectivity index (χ2n) is 0.247. The monoisotopic (exact) mass is 288 g/mol. The summed E-state index contributed by atoms with van der Waals surface area (Å²) in [4.78, 5) is 0. The molecule has 0 aliphatic carbocycles. The number of alkyl halides is 3. The van der Waals surface area contributed by atoms with E-state index < -0.39 is 6.68 Å². The molecule has 0 nitrogen and oxygen atoms in total. The smallest absolute Gasteiger partial charge is 0.174 e. The van der Waals surface area contributed by atoms with Gasteiger partial charge < -0.3 is 0 Å². The van der Waals surface area contributed by atoms with Crippen LogP contribution in [0, 0.1) is 0 Å². The fourth-order valence-electron chi connectivity index (χ4n) is 0. The zero-order valence-electron chi connectivity index (χ0n) is 2.42. The first-order chi connectivity index (χ1) is 1.73. The third-order valence-electron chi connectivity index (χ3n) is 0. The molecule has 0 saturated heterocycles. The summed E-state index contributed by atoms with van der Waals surface area (Å²) < 4.78 is 29.0. The Morgan fingerprint density at radius 2 is 1.00 bits per heavy atom. The molecule has 6 heavy (non-hydrogen) atoms. The molecule has 0 aromatic rings. The van der Waals surface area contributed by atoms with Gasteiger partial charge in [-0.15, -0.1) is 0 Å². The van der Waals surface area contributed by atoms with Crippen LogP contribution in [0.3, 0.4) is 0 Å². The van der Waals surface area contributed by atoms with Crippen molar-refractivity contribution in [3.05, 3.63) is 0 Å². The largest absolute Gasteiger partial charge is 0.379 e. The molecule has 0 amide bonds. The van der Waals surface area contributed by atoms with Gasteiger partial charge in [-0.1, -0.05) is 7.43 Å². The van der Waals surface area contributed by atoms with E-state index in [1.54, 1.807) is 0 Å². The Labute approximate surface area is 55.2 Å². The van der Waals surface area contributed by atoms with E-state index in [1.807, 2.05) is 0 Å². The summed E-state index contributed by atoms with van der Waals surface area (Å²) in [6, 6.07) is 0. The first-order valence-electron chi connectivity index (χ1n) is 0.655. The van der Waals surface area contributed by atoms with Gasteiger partial charge in [-0.25, -0.2) is 0 Å². The maximum Gasteiger partial charge on any atom is 0.379 e. The Balaban J connectivity index is -0.0000000450. The fraction of sp³-hybridized carbons (Fsp3) is 1.00. The van der Waals surface area contributed by atoms with Crippen LogP contribution in [0.2, 0.25) is 0 Å². The molecule has 0 aliphatic heterocycles. The Hall–Kier alpha value is 0.725. The van der Waals surface area contributed by atoms with Crippen LogP contribution < -0.4 is 0 Å². The van der Waals surface area contributed by atoms with E-state index in [9.17, 15) is 13.2 Å². The van der Waals surface area contributed by atoms with Crippen molar-refractivity contribution < 1.29 is 40.8 Å². The van der Waals surface area contributed by atoms with Crippen molar-refractivity contribution in [2.75, 3.05) is 0 Å². The van der Waals surface area contributed by atoms with Gasteiger partial charge in [-0.2, -0.15) is 13.2 Å². The van der Waals surface area contributed by atoms with Gasteiger partial charge in [0.2, 0.25) is 0 Å². The van der Waals surface area contributed by atoms with E-state index in [4.69, 9.17) is 0 Å². The normalized spacial score (nSPS) is 6.00. The molecule has 0 fully saturated rings. The van der Waals surface area contributed by atoms with Crippen molar-refractivity contribution in [3.8, 4) is 0 Å². The van der Waals surface area contributed by atoms with Gasteiger partial charge in [0.05, 0.1) is 0 Å². The first kappa shape index (κ1) is 15.9. The number of rotatable bonds is 0. The van der Waals surface area contributed by atoms with Crippen LogP contribution in [-0.2, 0) is 27.7 Å². The molecular weight excluding hydrogens is 282 g/mol. The maximum atomic E-state index is 9.67. The van der Waals surface area contributed by atoms with Crippen molar-refractivity contribution in [3.63, 3.8) is 0 Å². The summed E-state index contributed by atoms with van der Waals surface area (Å²) in [5, 5.41) is 0. The second kappa shape index (κ2) is 9.21. The molecule has 0 rings (SSSR count). The molecule has 4 heteroatoms. The molecule has 0 heterocycles. The molecule has 0 unspecified atom stereocenters. The van der Waals surface area contributed by atoms with Gasteiger partial charge >= 0.3 is 6.68 Å². The van der Waals surface area contributed by atoms with E-state index >= 15 is 0 Å². The van der Waals surface area contributed by atoms with Crippen LogP contribution in [-0.4, -0.2) is 6.68 Å². The summed E-state index contributed by atoms with van der Waals surface area (Å²) in [7, 11) is 0. The van der Waals surface area contributed by atoms with Crippen molar-refractivity contribution in [2.24, 2.45) is 0 Å². The fourth-order valence-corrected chi connectivity index (χ4v) is 0. The topological polar surface area (TPSA) is 0 Å². The van der Waals surface area contributed by atoms with Crippen LogP contribution >= 0.6 is 0 Å². The van der Waals surface area contributed by atoms with Gasteiger partial charge in [0, 0.05) is 27.7 Å². The number of hydrogen-bond acceptors (Lipinski definition) is 0. The molecule has 36 valence electrons. The van der Waals surface area contributed by atoms with Gasteiger partial charge in [0.15, 0.2) is 0 Å². The quantitative estimate of drug-likeness (QED) is 0.596. The zero-order chi connectivity index (χ0) is 3.58. The van der Waals surface area contributed by atoms with E-state index in [2.05, 4.69) is 0 Å². The van der Waals surface area contributed by atoms with Crippen LogP contribution in [0.1, 0.15) is 7.43 Å². The summed E-state index contributed by atoms with van der Waals surface area (Å²) in [6.45, 7) is -3.67. The first-order valence-corrected chi connectivity index (χ1v) is 0.655. The molecule has 0 aliphatic rings. The third kappa shape index (κ3) is 125. The maximum absolute atomic E-state index is 9.67. The number of halogens is 3. The predicted octanol–water partition coefficient (Wildman–Crippen LogP) is 1.81. The predicted molar refractivity (Wildman–Crippen MR) is 13.8 cm³/mol. The molecule has 0 aromatic heterocycles.